The molecular formula is C18H15ClN2O6. The third-order valence-corrected chi connectivity index (χ3v) is 3.92. The third-order valence-electron chi connectivity index (χ3n) is 3.59. The quantitative estimate of drug-likeness (QED) is 0.348. The Kier molecular flexibility index (Phi) is 6.25. The zero-order valence-corrected chi connectivity index (χ0v) is 15.1. The number of non-ortho nitro benzene ring substituents is 1. The summed E-state index contributed by atoms with van der Waals surface area (Å²) in [6.07, 6.45) is -1.18. The van der Waals surface area contributed by atoms with Gasteiger partial charge in [0.05, 0.1) is 15.5 Å². The first-order valence-electron chi connectivity index (χ1n) is 7.76. The van der Waals surface area contributed by atoms with E-state index in [-0.39, 0.29) is 22.1 Å². The highest BCUT2D eigenvalue weighted by atomic mass is 35.5. The summed E-state index contributed by atoms with van der Waals surface area (Å²) in [7, 11) is 0. The summed E-state index contributed by atoms with van der Waals surface area (Å²) in [6, 6.07) is 9.53. The van der Waals surface area contributed by atoms with Crippen LogP contribution in [0.2, 0.25) is 5.02 Å². The summed E-state index contributed by atoms with van der Waals surface area (Å²) >= 11 is 5.88. The largest absolute Gasteiger partial charge is 0.449 e. The van der Waals surface area contributed by atoms with Crippen LogP contribution in [-0.2, 0) is 9.53 Å². The fraction of sp³-hybridized carbons (Fsp3) is 0.167. The highest BCUT2D eigenvalue weighted by molar-refractivity contribution is 6.33. The number of halogens is 1. The van der Waals surface area contributed by atoms with Crippen LogP contribution in [0.25, 0.3) is 0 Å². The molecule has 8 nitrogen and oxygen atoms in total. The third kappa shape index (κ3) is 5.11. The number of amides is 1. The number of rotatable bonds is 6. The summed E-state index contributed by atoms with van der Waals surface area (Å²) in [4.78, 5) is 45.7. The first kappa shape index (κ1) is 20.1. The first-order chi connectivity index (χ1) is 12.7. The van der Waals surface area contributed by atoms with Crippen molar-refractivity contribution < 1.29 is 24.0 Å². The molecule has 2 aromatic carbocycles. The van der Waals surface area contributed by atoms with E-state index < -0.39 is 22.9 Å². The number of Topliss-reactive ketones (excluding diaryl/α,β-unsaturated/α-hetero) is 1. The van der Waals surface area contributed by atoms with E-state index in [2.05, 4.69) is 5.32 Å². The second-order valence-electron chi connectivity index (χ2n) is 5.59. The number of nitro groups is 1. The lowest BCUT2D eigenvalue weighted by atomic mass is 10.1. The Balaban J connectivity index is 2.05. The second-order valence-corrected chi connectivity index (χ2v) is 6.00. The zero-order chi connectivity index (χ0) is 20.1. The topological polar surface area (TPSA) is 116 Å². The Morgan fingerprint density at radius 2 is 1.78 bits per heavy atom. The number of hydrogen-bond acceptors (Lipinski definition) is 6. The van der Waals surface area contributed by atoms with Gasteiger partial charge in [-0.05, 0) is 44.2 Å². The van der Waals surface area contributed by atoms with E-state index >= 15 is 0 Å². The van der Waals surface area contributed by atoms with Gasteiger partial charge in [-0.15, -0.1) is 0 Å². The maximum atomic E-state index is 12.2. The van der Waals surface area contributed by atoms with Crippen molar-refractivity contribution in [2.75, 3.05) is 5.32 Å². The molecule has 9 heteroatoms. The molecule has 140 valence electrons. The number of anilines is 1. The molecule has 0 fully saturated rings. The number of benzene rings is 2. The van der Waals surface area contributed by atoms with Crippen molar-refractivity contribution in [3.8, 4) is 0 Å². The number of ether oxygens (including phenoxy) is 1. The van der Waals surface area contributed by atoms with Crippen LogP contribution in [0, 0.1) is 10.1 Å². The number of carbonyl (C=O) groups excluding carboxylic acids is 3. The SMILES string of the molecule is CC(=O)c1ccc(NC(=O)[C@@H](C)OC(=O)c2cc([N+](=O)[O-])ccc2Cl)cc1. The molecule has 0 aliphatic rings. The van der Waals surface area contributed by atoms with E-state index in [9.17, 15) is 24.5 Å². The summed E-state index contributed by atoms with van der Waals surface area (Å²) in [5.41, 5.74) is 0.374. The lowest BCUT2D eigenvalue weighted by Gasteiger charge is -2.14. The number of hydrogen-bond donors (Lipinski definition) is 1. The van der Waals surface area contributed by atoms with Crippen molar-refractivity contribution >= 4 is 40.6 Å². The van der Waals surface area contributed by atoms with Gasteiger partial charge >= 0.3 is 5.97 Å². The number of ketones is 1. The number of nitrogens with one attached hydrogen (secondary N) is 1. The van der Waals surface area contributed by atoms with Gasteiger partial charge in [0, 0.05) is 23.4 Å². The Hall–Kier alpha value is -3.26. The van der Waals surface area contributed by atoms with Gasteiger partial charge in [0.25, 0.3) is 11.6 Å². The van der Waals surface area contributed by atoms with Crippen LogP contribution < -0.4 is 5.32 Å². The van der Waals surface area contributed by atoms with Crippen LogP contribution in [0.15, 0.2) is 42.5 Å². The molecule has 0 aliphatic heterocycles. The fourth-order valence-corrected chi connectivity index (χ4v) is 2.29. The predicted octanol–water partition coefficient (Wildman–Crippen LogP) is 3.63. The van der Waals surface area contributed by atoms with E-state index in [0.29, 0.717) is 11.3 Å². The molecule has 0 unspecified atom stereocenters. The molecule has 0 aliphatic carbocycles. The van der Waals surface area contributed by atoms with Gasteiger partial charge in [-0.25, -0.2) is 4.79 Å². The second kappa shape index (κ2) is 8.41. The van der Waals surface area contributed by atoms with Gasteiger partial charge < -0.3 is 10.1 Å². The fourth-order valence-electron chi connectivity index (χ4n) is 2.09. The van der Waals surface area contributed by atoms with Gasteiger partial charge in [-0.3, -0.25) is 19.7 Å². The van der Waals surface area contributed by atoms with E-state index in [1.54, 1.807) is 24.3 Å². The molecule has 0 bridgehead atoms. The predicted molar refractivity (Wildman–Crippen MR) is 98.1 cm³/mol. The minimum atomic E-state index is -1.18. The lowest BCUT2D eigenvalue weighted by molar-refractivity contribution is -0.384. The van der Waals surface area contributed by atoms with Gasteiger partial charge in [-0.1, -0.05) is 11.6 Å². The van der Waals surface area contributed by atoms with Gasteiger partial charge in [0.15, 0.2) is 11.9 Å². The lowest BCUT2D eigenvalue weighted by Crippen LogP contribution is -2.30. The number of esters is 1. The maximum absolute atomic E-state index is 12.2. The summed E-state index contributed by atoms with van der Waals surface area (Å²) in [5, 5.41) is 13.3. The van der Waals surface area contributed by atoms with Crippen molar-refractivity contribution in [3.63, 3.8) is 0 Å². The van der Waals surface area contributed by atoms with Crippen molar-refractivity contribution in [2.24, 2.45) is 0 Å². The van der Waals surface area contributed by atoms with Crippen molar-refractivity contribution in [2.45, 2.75) is 20.0 Å². The Labute approximate surface area is 159 Å². The van der Waals surface area contributed by atoms with E-state index in [4.69, 9.17) is 16.3 Å². The normalized spacial score (nSPS) is 11.4. The summed E-state index contributed by atoms with van der Waals surface area (Å²) in [5.74, 6) is -1.68. The molecule has 0 radical (unpaired) electrons. The molecule has 0 aromatic heterocycles. The standard InChI is InChI=1S/C18H15ClN2O6/c1-10(22)12-3-5-13(6-4-12)20-17(23)11(2)27-18(24)15-9-14(21(25)26)7-8-16(15)19/h3-9,11H,1-2H3,(H,20,23)/t11-/m1/s1. The molecular weight excluding hydrogens is 376 g/mol. The van der Waals surface area contributed by atoms with Crippen LogP contribution in [-0.4, -0.2) is 28.7 Å². The molecule has 1 atom stereocenters. The molecule has 1 amide bonds. The van der Waals surface area contributed by atoms with E-state index in [0.717, 1.165) is 12.1 Å². The van der Waals surface area contributed by atoms with Crippen LogP contribution in [0.3, 0.4) is 0 Å². The van der Waals surface area contributed by atoms with Crippen LogP contribution in [0.1, 0.15) is 34.6 Å². The molecule has 0 saturated carbocycles. The number of nitro benzene ring substituents is 1. The minimum absolute atomic E-state index is 0.0296. The van der Waals surface area contributed by atoms with Crippen LogP contribution >= 0.6 is 11.6 Å². The molecule has 27 heavy (non-hydrogen) atoms. The molecule has 1 N–H and O–H groups in total. The number of nitrogens with zero attached hydrogens (tertiary/aromatic N) is 1. The smallest absolute Gasteiger partial charge is 0.340 e. The van der Waals surface area contributed by atoms with Gasteiger partial charge in [0.1, 0.15) is 0 Å². The highest BCUT2D eigenvalue weighted by Gasteiger charge is 2.22. The molecule has 0 saturated heterocycles. The Morgan fingerprint density at radius 1 is 1.15 bits per heavy atom. The van der Waals surface area contributed by atoms with E-state index in [1.165, 1.54) is 19.9 Å². The monoisotopic (exact) mass is 390 g/mol. The highest BCUT2D eigenvalue weighted by Crippen LogP contribution is 2.23. The molecule has 0 spiro atoms. The van der Waals surface area contributed by atoms with Crippen LogP contribution in [0.4, 0.5) is 11.4 Å². The van der Waals surface area contributed by atoms with Gasteiger partial charge in [-0.2, -0.15) is 0 Å². The molecule has 0 heterocycles. The first-order valence-corrected chi connectivity index (χ1v) is 8.13. The van der Waals surface area contributed by atoms with Crippen molar-refractivity contribution in [1.82, 2.24) is 0 Å². The van der Waals surface area contributed by atoms with Crippen LogP contribution in [0.5, 0.6) is 0 Å². The number of carbonyl (C=O) groups is 3. The summed E-state index contributed by atoms with van der Waals surface area (Å²) in [6.45, 7) is 2.77. The van der Waals surface area contributed by atoms with Gasteiger partial charge in [0.2, 0.25) is 0 Å². The average Bonchev–Trinajstić information content (AvgIpc) is 2.62. The summed E-state index contributed by atoms with van der Waals surface area (Å²) < 4.78 is 5.04. The maximum Gasteiger partial charge on any atom is 0.340 e. The van der Waals surface area contributed by atoms with Crippen molar-refractivity contribution in [1.29, 1.82) is 0 Å². The van der Waals surface area contributed by atoms with E-state index in [1.807, 2.05) is 0 Å². The molecule has 2 rings (SSSR count). The Morgan fingerprint density at radius 3 is 2.33 bits per heavy atom. The molecule has 2 aromatic rings. The Bertz CT molecular complexity index is 911. The van der Waals surface area contributed by atoms with Crippen molar-refractivity contribution in [3.05, 3.63) is 68.7 Å². The zero-order valence-electron chi connectivity index (χ0n) is 14.4. The minimum Gasteiger partial charge on any atom is -0.449 e. The average molecular weight is 391 g/mol.